The lowest BCUT2D eigenvalue weighted by Crippen LogP contribution is -2.42. The minimum atomic E-state index is -0.0334. The van der Waals surface area contributed by atoms with Gasteiger partial charge in [0.25, 0.3) is 0 Å². The fourth-order valence-corrected chi connectivity index (χ4v) is 4.13. The maximum Gasteiger partial charge on any atom is 0.333 e. The van der Waals surface area contributed by atoms with Crippen LogP contribution in [0.25, 0.3) is 0 Å². The predicted molar refractivity (Wildman–Crippen MR) is 104 cm³/mol. The fourth-order valence-electron chi connectivity index (χ4n) is 3.07. The number of hydrogen-bond acceptors (Lipinski definition) is 2. The van der Waals surface area contributed by atoms with Gasteiger partial charge in [0.05, 0.1) is 11.4 Å². The number of nitrogens with zero attached hydrogens (tertiary/aromatic N) is 2. The summed E-state index contributed by atoms with van der Waals surface area (Å²) in [5.74, 6) is 0. The number of carbonyl (C=O) groups excluding carboxylic acids is 1. The number of hydrogen-bond donors (Lipinski definition) is 0. The van der Waals surface area contributed by atoms with Crippen molar-refractivity contribution in [2.45, 2.75) is 16.7 Å². The molecule has 1 aliphatic heterocycles. The van der Waals surface area contributed by atoms with E-state index in [1.165, 1.54) is 0 Å². The Bertz CT molecular complexity index is 865. The summed E-state index contributed by atoms with van der Waals surface area (Å²) >= 11 is 1.71. The number of rotatable bonds is 2. The molecule has 4 heteroatoms. The van der Waals surface area contributed by atoms with Gasteiger partial charge in [-0.3, -0.25) is 9.80 Å². The lowest BCUT2D eigenvalue weighted by Gasteiger charge is -2.34. The molecule has 124 valence electrons. The van der Waals surface area contributed by atoms with Crippen molar-refractivity contribution >= 4 is 34.9 Å². The van der Waals surface area contributed by atoms with E-state index in [9.17, 15) is 4.79 Å². The number of amides is 2. The molecule has 0 saturated carbocycles. The molecular formula is C21H18N2OS. The SMILES string of the molecule is CCN(C(=O)N1c2ccccc2Sc2ccccc21)c1ccccc1. The summed E-state index contributed by atoms with van der Waals surface area (Å²) in [4.78, 5) is 19.3. The van der Waals surface area contributed by atoms with Gasteiger partial charge in [0.1, 0.15) is 0 Å². The van der Waals surface area contributed by atoms with E-state index in [0.717, 1.165) is 26.9 Å². The van der Waals surface area contributed by atoms with Crippen molar-refractivity contribution in [3.05, 3.63) is 78.9 Å². The van der Waals surface area contributed by atoms with Gasteiger partial charge in [-0.15, -0.1) is 0 Å². The average molecular weight is 346 g/mol. The second kappa shape index (κ2) is 6.65. The minimum absolute atomic E-state index is 0.0334. The van der Waals surface area contributed by atoms with Gasteiger partial charge in [-0.2, -0.15) is 0 Å². The molecule has 25 heavy (non-hydrogen) atoms. The number of anilines is 3. The van der Waals surface area contributed by atoms with Gasteiger partial charge in [-0.25, -0.2) is 4.79 Å². The molecule has 3 aromatic carbocycles. The Morgan fingerprint density at radius 1 is 0.840 bits per heavy atom. The molecule has 1 heterocycles. The summed E-state index contributed by atoms with van der Waals surface area (Å²) in [5, 5.41) is 0. The van der Waals surface area contributed by atoms with Crippen molar-refractivity contribution in [3.63, 3.8) is 0 Å². The molecule has 0 fully saturated rings. The van der Waals surface area contributed by atoms with Crippen molar-refractivity contribution in [1.82, 2.24) is 0 Å². The van der Waals surface area contributed by atoms with Crippen LogP contribution in [0.2, 0.25) is 0 Å². The zero-order valence-corrected chi connectivity index (χ0v) is 14.7. The second-order valence-electron chi connectivity index (χ2n) is 5.74. The van der Waals surface area contributed by atoms with Crippen LogP contribution in [0.15, 0.2) is 88.7 Å². The first kappa shape index (κ1) is 15.8. The third-order valence-electron chi connectivity index (χ3n) is 4.24. The molecule has 1 aliphatic rings. The van der Waals surface area contributed by atoms with Gasteiger partial charge in [0.15, 0.2) is 0 Å². The average Bonchev–Trinajstić information content (AvgIpc) is 2.67. The van der Waals surface area contributed by atoms with Crippen LogP contribution in [0.3, 0.4) is 0 Å². The highest BCUT2D eigenvalue weighted by Crippen LogP contribution is 2.48. The molecule has 0 aliphatic carbocycles. The van der Waals surface area contributed by atoms with Crippen molar-refractivity contribution < 1.29 is 4.79 Å². The normalized spacial score (nSPS) is 12.3. The molecule has 0 N–H and O–H groups in total. The molecule has 0 unspecified atom stereocenters. The van der Waals surface area contributed by atoms with Crippen LogP contribution >= 0.6 is 11.8 Å². The molecule has 0 radical (unpaired) electrons. The predicted octanol–water partition coefficient (Wildman–Crippen LogP) is 5.94. The molecule has 0 aromatic heterocycles. The molecule has 3 aromatic rings. The third-order valence-corrected chi connectivity index (χ3v) is 5.37. The Balaban J connectivity index is 1.83. The van der Waals surface area contributed by atoms with Crippen molar-refractivity contribution in [3.8, 4) is 0 Å². The van der Waals surface area contributed by atoms with Crippen LogP contribution in [-0.2, 0) is 0 Å². The van der Waals surface area contributed by atoms with Gasteiger partial charge in [-0.05, 0) is 43.3 Å². The number of carbonyl (C=O) groups is 1. The van der Waals surface area contributed by atoms with Gasteiger partial charge < -0.3 is 0 Å². The number of para-hydroxylation sites is 3. The molecule has 0 atom stereocenters. The number of fused-ring (bicyclic) bond motifs is 2. The largest absolute Gasteiger partial charge is 0.333 e. The molecule has 0 saturated heterocycles. The Morgan fingerprint density at radius 3 is 1.92 bits per heavy atom. The van der Waals surface area contributed by atoms with Gasteiger partial charge in [-0.1, -0.05) is 54.2 Å². The maximum atomic E-state index is 13.5. The standard InChI is InChI=1S/C21H18N2OS/c1-2-22(16-10-4-3-5-11-16)21(24)23-17-12-6-8-14-19(17)25-20-15-9-7-13-18(20)23/h3-15H,2H2,1H3. The minimum Gasteiger partial charge on any atom is -0.294 e. The topological polar surface area (TPSA) is 23.6 Å². The third kappa shape index (κ3) is 2.79. The molecule has 4 rings (SSSR count). The highest BCUT2D eigenvalue weighted by atomic mass is 32.2. The van der Waals surface area contributed by atoms with Crippen LogP contribution < -0.4 is 9.80 Å². The Kier molecular flexibility index (Phi) is 4.20. The lowest BCUT2D eigenvalue weighted by molar-refractivity contribution is 0.253. The first-order valence-electron chi connectivity index (χ1n) is 8.32. The lowest BCUT2D eigenvalue weighted by atomic mass is 10.2. The van der Waals surface area contributed by atoms with E-state index in [-0.39, 0.29) is 6.03 Å². The van der Waals surface area contributed by atoms with E-state index >= 15 is 0 Å². The Morgan fingerprint density at radius 2 is 1.36 bits per heavy atom. The van der Waals surface area contributed by atoms with Crippen LogP contribution in [0.5, 0.6) is 0 Å². The van der Waals surface area contributed by atoms with E-state index in [4.69, 9.17) is 0 Å². The van der Waals surface area contributed by atoms with Crippen molar-refractivity contribution in [1.29, 1.82) is 0 Å². The highest BCUT2D eigenvalue weighted by molar-refractivity contribution is 7.99. The quantitative estimate of drug-likeness (QED) is 0.573. The van der Waals surface area contributed by atoms with Crippen LogP contribution in [0, 0.1) is 0 Å². The van der Waals surface area contributed by atoms with E-state index < -0.39 is 0 Å². The molecular weight excluding hydrogens is 328 g/mol. The first-order chi connectivity index (χ1) is 12.3. The second-order valence-corrected chi connectivity index (χ2v) is 6.82. The highest BCUT2D eigenvalue weighted by Gasteiger charge is 2.31. The van der Waals surface area contributed by atoms with Crippen LogP contribution in [0.1, 0.15) is 6.92 Å². The van der Waals surface area contributed by atoms with Crippen LogP contribution in [-0.4, -0.2) is 12.6 Å². The zero-order chi connectivity index (χ0) is 17.2. The van der Waals surface area contributed by atoms with Gasteiger partial charge in [0, 0.05) is 22.0 Å². The van der Waals surface area contributed by atoms with Crippen molar-refractivity contribution in [2.75, 3.05) is 16.3 Å². The first-order valence-corrected chi connectivity index (χ1v) is 9.14. The summed E-state index contributed by atoms with van der Waals surface area (Å²) in [6.07, 6.45) is 0. The monoisotopic (exact) mass is 346 g/mol. The summed E-state index contributed by atoms with van der Waals surface area (Å²) < 4.78 is 0. The molecule has 0 spiro atoms. The maximum absolute atomic E-state index is 13.5. The number of benzene rings is 3. The van der Waals surface area contributed by atoms with E-state index in [1.807, 2.05) is 83.5 Å². The van der Waals surface area contributed by atoms with Gasteiger partial charge >= 0.3 is 6.03 Å². The Labute approximate surface area is 151 Å². The molecule has 0 bridgehead atoms. The molecule has 2 amide bonds. The fraction of sp³-hybridized carbons (Fsp3) is 0.0952. The summed E-state index contributed by atoms with van der Waals surface area (Å²) in [5.41, 5.74) is 2.78. The van der Waals surface area contributed by atoms with E-state index in [1.54, 1.807) is 11.8 Å². The van der Waals surface area contributed by atoms with Crippen LogP contribution in [0.4, 0.5) is 21.9 Å². The molecule has 3 nitrogen and oxygen atoms in total. The number of urea groups is 1. The van der Waals surface area contributed by atoms with Crippen molar-refractivity contribution in [2.24, 2.45) is 0 Å². The summed E-state index contributed by atoms with van der Waals surface area (Å²) in [6.45, 7) is 2.61. The van der Waals surface area contributed by atoms with Gasteiger partial charge in [0.2, 0.25) is 0 Å². The smallest absolute Gasteiger partial charge is 0.294 e. The van der Waals surface area contributed by atoms with E-state index in [2.05, 4.69) is 12.1 Å². The van der Waals surface area contributed by atoms with E-state index in [0.29, 0.717) is 6.54 Å². The summed E-state index contributed by atoms with van der Waals surface area (Å²) in [7, 11) is 0. The Hall–Kier alpha value is -2.72. The summed E-state index contributed by atoms with van der Waals surface area (Å²) in [6, 6.07) is 25.9. The zero-order valence-electron chi connectivity index (χ0n) is 13.9.